The smallest absolute Gasteiger partial charge is 0.222 e. The van der Waals surface area contributed by atoms with Crippen LogP contribution in [0.2, 0.25) is 5.28 Å². The van der Waals surface area contributed by atoms with Crippen molar-refractivity contribution in [2.45, 2.75) is 25.2 Å². The van der Waals surface area contributed by atoms with Crippen LogP contribution in [0.5, 0.6) is 0 Å². The molecule has 0 N–H and O–H groups in total. The van der Waals surface area contributed by atoms with Crippen LogP contribution in [0.3, 0.4) is 0 Å². The van der Waals surface area contributed by atoms with E-state index >= 15 is 0 Å². The SMILES string of the molecule is Clc1nccc(C2CCCc3cccnc32)n1. The summed E-state index contributed by atoms with van der Waals surface area (Å²) in [5.41, 5.74) is 3.46. The quantitative estimate of drug-likeness (QED) is 0.725. The molecule has 0 saturated heterocycles. The first-order valence-electron chi connectivity index (χ1n) is 5.77. The second kappa shape index (κ2) is 4.41. The second-order valence-electron chi connectivity index (χ2n) is 4.24. The van der Waals surface area contributed by atoms with Gasteiger partial charge in [-0.15, -0.1) is 0 Å². The van der Waals surface area contributed by atoms with Gasteiger partial charge in [-0.2, -0.15) is 0 Å². The van der Waals surface area contributed by atoms with Crippen LogP contribution in [0.15, 0.2) is 30.6 Å². The van der Waals surface area contributed by atoms with E-state index in [2.05, 4.69) is 21.0 Å². The third-order valence-corrected chi connectivity index (χ3v) is 3.38. The number of pyridine rings is 1. The lowest BCUT2D eigenvalue weighted by molar-refractivity contribution is 0.586. The lowest BCUT2D eigenvalue weighted by Gasteiger charge is -2.23. The molecule has 4 heteroatoms. The zero-order valence-electron chi connectivity index (χ0n) is 9.31. The van der Waals surface area contributed by atoms with Gasteiger partial charge in [0.05, 0.1) is 11.4 Å². The van der Waals surface area contributed by atoms with Gasteiger partial charge in [-0.25, -0.2) is 9.97 Å². The van der Waals surface area contributed by atoms with Crippen LogP contribution in [0.4, 0.5) is 0 Å². The van der Waals surface area contributed by atoms with E-state index in [1.165, 1.54) is 12.0 Å². The first-order valence-corrected chi connectivity index (χ1v) is 6.14. The monoisotopic (exact) mass is 245 g/mol. The van der Waals surface area contributed by atoms with E-state index in [0.717, 1.165) is 24.2 Å². The van der Waals surface area contributed by atoms with Crippen molar-refractivity contribution in [1.82, 2.24) is 15.0 Å². The van der Waals surface area contributed by atoms with Gasteiger partial charge in [0, 0.05) is 18.3 Å². The Morgan fingerprint density at radius 3 is 3.00 bits per heavy atom. The van der Waals surface area contributed by atoms with Crippen LogP contribution in [0.25, 0.3) is 0 Å². The van der Waals surface area contributed by atoms with Gasteiger partial charge in [0.1, 0.15) is 0 Å². The van der Waals surface area contributed by atoms with Crippen molar-refractivity contribution < 1.29 is 0 Å². The number of rotatable bonds is 1. The molecule has 1 atom stereocenters. The summed E-state index contributed by atoms with van der Waals surface area (Å²) in [5, 5.41) is 0.311. The van der Waals surface area contributed by atoms with Crippen molar-refractivity contribution in [3.05, 3.63) is 52.8 Å². The second-order valence-corrected chi connectivity index (χ2v) is 4.58. The summed E-state index contributed by atoms with van der Waals surface area (Å²) in [6.45, 7) is 0. The molecule has 2 aromatic rings. The van der Waals surface area contributed by atoms with Gasteiger partial charge in [0.25, 0.3) is 0 Å². The molecule has 0 saturated carbocycles. The number of hydrogen-bond donors (Lipinski definition) is 0. The number of aryl methyl sites for hydroxylation is 1. The van der Waals surface area contributed by atoms with Crippen LogP contribution >= 0.6 is 11.6 Å². The molecule has 1 aliphatic rings. The maximum absolute atomic E-state index is 5.85. The van der Waals surface area contributed by atoms with E-state index in [1.807, 2.05) is 18.3 Å². The van der Waals surface area contributed by atoms with Gasteiger partial charge in [-0.05, 0) is 48.6 Å². The predicted molar refractivity (Wildman–Crippen MR) is 66.1 cm³/mol. The number of halogens is 1. The van der Waals surface area contributed by atoms with Crippen LogP contribution < -0.4 is 0 Å². The molecular formula is C13H12ClN3. The Kier molecular flexibility index (Phi) is 2.77. The highest BCUT2D eigenvalue weighted by Gasteiger charge is 2.24. The zero-order valence-corrected chi connectivity index (χ0v) is 10.1. The molecule has 3 nitrogen and oxygen atoms in total. The fourth-order valence-electron chi connectivity index (χ4n) is 2.44. The molecule has 0 aliphatic heterocycles. The Balaban J connectivity index is 2.06. The third-order valence-electron chi connectivity index (χ3n) is 3.20. The van der Waals surface area contributed by atoms with Crippen molar-refractivity contribution >= 4 is 11.6 Å². The van der Waals surface area contributed by atoms with E-state index in [0.29, 0.717) is 5.28 Å². The number of hydrogen-bond acceptors (Lipinski definition) is 3. The summed E-state index contributed by atoms with van der Waals surface area (Å²) in [5.74, 6) is 0.264. The minimum Gasteiger partial charge on any atom is -0.260 e. The van der Waals surface area contributed by atoms with E-state index in [-0.39, 0.29) is 5.92 Å². The molecule has 0 aromatic carbocycles. The molecule has 0 bridgehead atoms. The van der Waals surface area contributed by atoms with E-state index in [1.54, 1.807) is 6.20 Å². The van der Waals surface area contributed by atoms with E-state index in [9.17, 15) is 0 Å². The maximum atomic E-state index is 5.85. The van der Waals surface area contributed by atoms with Crippen molar-refractivity contribution in [3.8, 4) is 0 Å². The summed E-state index contributed by atoms with van der Waals surface area (Å²) in [7, 11) is 0. The Morgan fingerprint density at radius 1 is 1.18 bits per heavy atom. The molecule has 2 aromatic heterocycles. The van der Waals surface area contributed by atoms with Gasteiger partial charge in [-0.1, -0.05) is 6.07 Å². The fraction of sp³-hybridized carbons (Fsp3) is 0.308. The van der Waals surface area contributed by atoms with Crippen molar-refractivity contribution in [2.75, 3.05) is 0 Å². The summed E-state index contributed by atoms with van der Waals surface area (Å²) in [6.07, 6.45) is 6.92. The van der Waals surface area contributed by atoms with Crippen LogP contribution in [-0.2, 0) is 6.42 Å². The predicted octanol–water partition coefficient (Wildman–Crippen LogP) is 2.99. The standard InChI is InChI=1S/C13H12ClN3/c14-13-16-8-6-11(17-13)10-5-1-3-9-4-2-7-15-12(9)10/h2,4,6-8,10H,1,3,5H2. The zero-order chi connectivity index (χ0) is 11.7. The molecule has 0 radical (unpaired) electrons. The summed E-state index contributed by atoms with van der Waals surface area (Å²) in [4.78, 5) is 12.7. The Hall–Kier alpha value is -1.48. The summed E-state index contributed by atoms with van der Waals surface area (Å²) in [6, 6.07) is 6.08. The van der Waals surface area contributed by atoms with E-state index < -0.39 is 0 Å². The minimum absolute atomic E-state index is 0.264. The molecule has 0 amide bonds. The lowest BCUT2D eigenvalue weighted by atomic mass is 9.84. The molecule has 0 fully saturated rings. The first-order chi connectivity index (χ1) is 8.34. The largest absolute Gasteiger partial charge is 0.260 e. The van der Waals surface area contributed by atoms with Crippen molar-refractivity contribution in [2.24, 2.45) is 0 Å². The first kappa shape index (κ1) is 10.7. The average molecular weight is 246 g/mol. The summed E-state index contributed by atoms with van der Waals surface area (Å²) >= 11 is 5.85. The molecule has 86 valence electrons. The number of nitrogens with zero attached hydrogens (tertiary/aromatic N) is 3. The van der Waals surface area contributed by atoms with Crippen molar-refractivity contribution in [1.29, 1.82) is 0 Å². The molecule has 1 aliphatic carbocycles. The number of aromatic nitrogens is 3. The van der Waals surface area contributed by atoms with Crippen LogP contribution in [0, 0.1) is 0 Å². The van der Waals surface area contributed by atoms with Gasteiger partial charge in [0.2, 0.25) is 5.28 Å². The van der Waals surface area contributed by atoms with Crippen LogP contribution in [-0.4, -0.2) is 15.0 Å². The molecule has 3 rings (SSSR count). The highest BCUT2D eigenvalue weighted by molar-refractivity contribution is 6.28. The minimum atomic E-state index is 0.264. The molecule has 1 unspecified atom stereocenters. The Bertz CT molecular complexity index is 542. The number of fused-ring (bicyclic) bond motifs is 1. The Morgan fingerprint density at radius 2 is 2.12 bits per heavy atom. The Labute approximate surface area is 105 Å². The van der Waals surface area contributed by atoms with Gasteiger partial charge < -0.3 is 0 Å². The molecule has 0 spiro atoms. The fourth-order valence-corrected chi connectivity index (χ4v) is 2.59. The van der Waals surface area contributed by atoms with E-state index in [4.69, 9.17) is 11.6 Å². The highest BCUT2D eigenvalue weighted by Crippen LogP contribution is 2.34. The van der Waals surface area contributed by atoms with Gasteiger partial charge in [0.15, 0.2) is 0 Å². The summed E-state index contributed by atoms with van der Waals surface area (Å²) < 4.78 is 0. The van der Waals surface area contributed by atoms with Crippen LogP contribution in [0.1, 0.15) is 35.7 Å². The highest BCUT2D eigenvalue weighted by atomic mass is 35.5. The normalized spacial score (nSPS) is 18.8. The molecule has 2 heterocycles. The lowest BCUT2D eigenvalue weighted by Crippen LogP contribution is -2.14. The molecular weight excluding hydrogens is 234 g/mol. The van der Waals surface area contributed by atoms with Gasteiger partial charge >= 0.3 is 0 Å². The van der Waals surface area contributed by atoms with Crippen molar-refractivity contribution in [3.63, 3.8) is 0 Å². The third kappa shape index (κ3) is 2.03. The topological polar surface area (TPSA) is 38.7 Å². The molecule has 17 heavy (non-hydrogen) atoms. The van der Waals surface area contributed by atoms with Gasteiger partial charge in [-0.3, -0.25) is 4.98 Å². The average Bonchev–Trinajstić information content (AvgIpc) is 2.38. The maximum Gasteiger partial charge on any atom is 0.222 e.